The van der Waals surface area contributed by atoms with Crippen molar-refractivity contribution in [3.63, 3.8) is 0 Å². The minimum Gasteiger partial charge on any atom is -0.315 e. The molecule has 0 saturated carbocycles. The summed E-state index contributed by atoms with van der Waals surface area (Å²) in [5, 5.41) is 0. The second-order valence-corrected chi connectivity index (χ2v) is 5.54. The van der Waals surface area contributed by atoms with Crippen LogP contribution in [0, 0.1) is 6.92 Å². The van der Waals surface area contributed by atoms with Gasteiger partial charge in [0.15, 0.2) is 0 Å². The van der Waals surface area contributed by atoms with Crippen molar-refractivity contribution in [1.29, 1.82) is 0 Å². The van der Waals surface area contributed by atoms with Gasteiger partial charge in [-0.25, -0.2) is 8.42 Å². The van der Waals surface area contributed by atoms with Gasteiger partial charge in [0.1, 0.15) is 0 Å². The van der Waals surface area contributed by atoms with E-state index in [1.54, 1.807) is 24.3 Å². The van der Waals surface area contributed by atoms with Crippen molar-refractivity contribution in [3.05, 3.63) is 29.8 Å². The first-order valence-corrected chi connectivity index (χ1v) is 6.78. The standard InChI is InChI=1S/C11H18N2O2S/c1-3-4-11(12)13-16(14,15)10-7-5-9(2)6-8-10/h5-8,11,13H,3-4,12H2,1-2H3. The predicted molar refractivity (Wildman–Crippen MR) is 64.4 cm³/mol. The Morgan fingerprint density at radius 1 is 1.31 bits per heavy atom. The molecule has 0 aliphatic heterocycles. The quantitative estimate of drug-likeness (QED) is 0.766. The largest absolute Gasteiger partial charge is 0.315 e. The highest BCUT2D eigenvalue weighted by Gasteiger charge is 2.16. The number of hydrogen-bond donors (Lipinski definition) is 2. The molecule has 0 aliphatic rings. The van der Waals surface area contributed by atoms with E-state index in [2.05, 4.69) is 4.72 Å². The molecule has 90 valence electrons. The van der Waals surface area contributed by atoms with Crippen LogP contribution in [0.3, 0.4) is 0 Å². The molecule has 1 rings (SSSR count). The Hall–Kier alpha value is -0.910. The molecule has 16 heavy (non-hydrogen) atoms. The second kappa shape index (κ2) is 5.43. The summed E-state index contributed by atoms with van der Waals surface area (Å²) in [6.07, 6.45) is 0.958. The summed E-state index contributed by atoms with van der Waals surface area (Å²) < 4.78 is 26.1. The summed E-state index contributed by atoms with van der Waals surface area (Å²) in [7, 11) is -3.47. The maximum absolute atomic E-state index is 11.8. The van der Waals surface area contributed by atoms with Crippen LogP contribution in [0.4, 0.5) is 0 Å². The van der Waals surface area contributed by atoms with Crippen LogP contribution in [0.15, 0.2) is 29.2 Å². The van der Waals surface area contributed by atoms with Crippen molar-refractivity contribution < 1.29 is 8.42 Å². The molecule has 0 heterocycles. The fourth-order valence-electron chi connectivity index (χ4n) is 1.35. The van der Waals surface area contributed by atoms with E-state index in [0.717, 1.165) is 12.0 Å². The van der Waals surface area contributed by atoms with Gasteiger partial charge in [-0.2, -0.15) is 4.72 Å². The van der Waals surface area contributed by atoms with Crippen LogP contribution in [0.1, 0.15) is 25.3 Å². The normalized spacial score (nSPS) is 13.7. The van der Waals surface area contributed by atoms with Gasteiger partial charge in [0.05, 0.1) is 11.1 Å². The molecule has 0 bridgehead atoms. The summed E-state index contributed by atoms with van der Waals surface area (Å²) in [5.74, 6) is 0. The van der Waals surface area contributed by atoms with E-state index in [4.69, 9.17) is 5.73 Å². The lowest BCUT2D eigenvalue weighted by molar-refractivity contribution is 0.533. The molecular formula is C11H18N2O2S. The van der Waals surface area contributed by atoms with Gasteiger partial charge in [-0.15, -0.1) is 0 Å². The van der Waals surface area contributed by atoms with Crippen molar-refractivity contribution in [2.75, 3.05) is 0 Å². The molecule has 1 atom stereocenters. The maximum Gasteiger partial charge on any atom is 0.241 e. The van der Waals surface area contributed by atoms with E-state index in [9.17, 15) is 8.42 Å². The number of nitrogens with one attached hydrogen (secondary N) is 1. The lowest BCUT2D eigenvalue weighted by Gasteiger charge is -2.13. The van der Waals surface area contributed by atoms with Crippen molar-refractivity contribution in [2.24, 2.45) is 5.73 Å². The monoisotopic (exact) mass is 242 g/mol. The highest BCUT2D eigenvalue weighted by atomic mass is 32.2. The number of sulfonamides is 1. The predicted octanol–water partition coefficient (Wildman–Crippen LogP) is 1.36. The highest BCUT2D eigenvalue weighted by Crippen LogP contribution is 2.10. The number of benzene rings is 1. The van der Waals surface area contributed by atoms with Crippen LogP contribution in [0.2, 0.25) is 0 Å². The molecule has 0 fully saturated rings. The minimum absolute atomic E-state index is 0.254. The molecule has 0 aromatic heterocycles. The maximum atomic E-state index is 11.8. The van der Waals surface area contributed by atoms with Crippen LogP contribution in [0.25, 0.3) is 0 Å². The summed E-state index contributed by atoms with van der Waals surface area (Å²) in [6.45, 7) is 3.87. The molecule has 3 N–H and O–H groups in total. The Bertz CT molecular complexity index is 426. The van der Waals surface area contributed by atoms with E-state index >= 15 is 0 Å². The average molecular weight is 242 g/mol. The van der Waals surface area contributed by atoms with E-state index in [1.807, 2.05) is 13.8 Å². The number of rotatable bonds is 5. The lowest BCUT2D eigenvalue weighted by atomic mass is 10.2. The Kier molecular flexibility index (Phi) is 4.46. The first-order chi connectivity index (χ1) is 7.45. The molecule has 0 amide bonds. The van der Waals surface area contributed by atoms with Gasteiger partial charge < -0.3 is 5.73 Å². The van der Waals surface area contributed by atoms with Crippen molar-refractivity contribution >= 4 is 10.0 Å². The summed E-state index contributed by atoms with van der Waals surface area (Å²) in [6, 6.07) is 6.69. The van der Waals surface area contributed by atoms with Gasteiger partial charge in [0, 0.05) is 0 Å². The highest BCUT2D eigenvalue weighted by molar-refractivity contribution is 7.89. The van der Waals surface area contributed by atoms with Crippen LogP contribution in [0.5, 0.6) is 0 Å². The molecule has 5 heteroatoms. The minimum atomic E-state index is -3.47. The lowest BCUT2D eigenvalue weighted by Crippen LogP contribution is -2.41. The molecule has 0 saturated heterocycles. The number of aryl methyl sites for hydroxylation is 1. The molecule has 0 spiro atoms. The fraction of sp³-hybridized carbons (Fsp3) is 0.455. The van der Waals surface area contributed by atoms with E-state index in [1.165, 1.54) is 0 Å². The van der Waals surface area contributed by atoms with Crippen LogP contribution < -0.4 is 10.5 Å². The zero-order chi connectivity index (χ0) is 12.2. The first-order valence-electron chi connectivity index (χ1n) is 5.30. The van der Waals surface area contributed by atoms with E-state index < -0.39 is 16.2 Å². The molecule has 1 unspecified atom stereocenters. The first kappa shape index (κ1) is 13.2. The van der Waals surface area contributed by atoms with Crippen molar-refractivity contribution in [2.45, 2.75) is 37.8 Å². The summed E-state index contributed by atoms with van der Waals surface area (Å²) in [4.78, 5) is 0.254. The van der Waals surface area contributed by atoms with Crippen LogP contribution in [-0.2, 0) is 10.0 Å². The van der Waals surface area contributed by atoms with E-state index in [0.29, 0.717) is 6.42 Å². The van der Waals surface area contributed by atoms with Gasteiger partial charge in [-0.05, 0) is 25.5 Å². The molecule has 4 nitrogen and oxygen atoms in total. The second-order valence-electron chi connectivity index (χ2n) is 3.83. The zero-order valence-electron chi connectivity index (χ0n) is 9.60. The third-order valence-corrected chi connectivity index (χ3v) is 3.74. The summed E-state index contributed by atoms with van der Waals surface area (Å²) >= 11 is 0. The Morgan fingerprint density at radius 2 is 1.88 bits per heavy atom. The average Bonchev–Trinajstić information content (AvgIpc) is 2.17. The summed E-state index contributed by atoms with van der Waals surface area (Å²) in [5.41, 5.74) is 6.67. The Balaban J connectivity index is 2.82. The molecule has 0 aliphatic carbocycles. The van der Waals surface area contributed by atoms with Gasteiger partial charge in [0.2, 0.25) is 10.0 Å². The van der Waals surface area contributed by atoms with Gasteiger partial charge in [-0.1, -0.05) is 31.0 Å². The Labute approximate surface area is 96.9 Å². The SMILES string of the molecule is CCCC(N)NS(=O)(=O)c1ccc(C)cc1. The van der Waals surface area contributed by atoms with Crippen molar-refractivity contribution in [3.8, 4) is 0 Å². The van der Waals surface area contributed by atoms with Gasteiger partial charge in [0.25, 0.3) is 0 Å². The number of nitrogens with two attached hydrogens (primary N) is 1. The Morgan fingerprint density at radius 3 is 2.38 bits per heavy atom. The molecular weight excluding hydrogens is 224 g/mol. The molecule has 1 aromatic rings. The van der Waals surface area contributed by atoms with Gasteiger partial charge >= 0.3 is 0 Å². The van der Waals surface area contributed by atoms with Crippen molar-refractivity contribution in [1.82, 2.24) is 4.72 Å². The van der Waals surface area contributed by atoms with Crippen LogP contribution in [-0.4, -0.2) is 14.6 Å². The smallest absolute Gasteiger partial charge is 0.241 e. The topological polar surface area (TPSA) is 72.2 Å². The molecule has 0 radical (unpaired) electrons. The zero-order valence-corrected chi connectivity index (χ0v) is 10.4. The number of hydrogen-bond acceptors (Lipinski definition) is 3. The third kappa shape index (κ3) is 3.59. The van der Waals surface area contributed by atoms with Gasteiger partial charge in [-0.3, -0.25) is 0 Å². The molecule has 1 aromatic carbocycles. The fourth-order valence-corrected chi connectivity index (χ4v) is 2.50. The van der Waals surface area contributed by atoms with E-state index in [-0.39, 0.29) is 4.90 Å². The van der Waals surface area contributed by atoms with Crippen LogP contribution >= 0.6 is 0 Å². The third-order valence-electron chi connectivity index (χ3n) is 2.24.